The van der Waals surface area contributed by atoms with Crippen molar-refractivity contribution in [2.24, 2.45) is 0 Å². The molecule has 0 aliphatic rings. The zero-order valence-electron chi connectivity index (χ0n) is 18.9. The third-order valence-electron chi connectivity index (χ3n) is 5.51. The number of amides is 1. The van der Waals surface area contributed by atoms with Gasteiger partial charge in [-0.15, -0.1) is 0 Å². The van der Waals surface area contributed by atoms with Gasteiger partial charge in [-0.1, -0.05) is 60.1 Å². The summed E-state index contributed by atoms with van der Waals surface area (Å²) in [4.78, 5) is 12.7. The third-order valence-corrected chi connectivity index (χ3v) is 5.88. The van der Waals surface area contributed by atoms with Gasteiger partial charge >= 0.3 is 0 Å². The summed E-state index contributed by atoms with van der Waals surface area (Å²) in [6, 6.07) is 23.0. The maximum absolute atomic E-state index is 12.7. The molecule has 0 spiro atoms. The van der Waals surface area contributed by atoms with E-state index >= 15 is 0 Å². The van der Waals surface area contributed by atoms with Crippen LogP contribution in [0.25, 0.3) is 0 Å². The number of para-hydroxylation sites is 1. The lowest BCUT2D eigenvalue weighted by molar-refractivity contribution is 0.102. The summed E-state index contributed by atoms with van der Waals surface area (Å²) >= 11 is 6.26. The van der Waals surface area contributed by atoms with E-state index in [9.17, 15) is 4.79 Å². The van der Waals surface area contributed by atoms with Crippen molar-refractivity contribution in [1.29, 1.82) is 0 Å². The molecule has 4 aromatic rings. The van der Waals surface area contributed by atoms with Gasteiger partial charge in [-0.3, -0.25) is 9.48 Å². The van der Waals surface area contributed by atoms with Gasteiger partial charge in [-0.05, 0) is 61.2 Å². The van der Waals surface area contributed by atoms with E-state index in [1.54, 1.807) is 12.1 Å². The number of nitrogens with zero attached hydrogens (tertiary/aromatic N) is 2. The Morgan fingerprint density at radius 3 is 2.36 bits per heavy atom. The number of hydrogen-bond acceptors (Lipinski definition) is 3. The fourth-order valence-corrected chi connectivity index (χ4v) is 3.84. The average molecular weight is 460 g/mol. The largest absolute Gasteiger partial charge is 0.488 e. The molecular weight excluding hydrogens is 434 g/mol. The molecule has 0 bridgehead atoms. The zero-order chi connectivity index (χ0) is 23.4. The average Bonchev–Trinajstić information content (AvgIpc) is 3.14. The fraction of sp³-hybridized carbons (Fsp3) is 0.185. The Bertz CT molecular complexity index is 1260. The lowest BCUT2D eigenvalue weighted by Gasteiger charge is -2.12. The molecule has 0 radical (unpaired) electrons. The van der Waals surface area contributed by atoms with Crippen molar-refractivity contribution in [1.82, 2.24) is 9.78 Å². The first kappa shape index (κ1) is 22.6. The van der Waals surface area contributed by atoms with E-state index in [0.29, 0.717) is 29.6 Å². The SMILES string of the molecule is Cc1cccc(C)c1OCc1ccc(C(=O)Nc2cc(C)n(Cc3ccccc3Cl)n2)cc1. The summed E-state index contributed by atoms with van der Waals surface area (Å²) < 4.78 is 7.82. The molecule has 1 amide bonds. The Kier molecular flexibility index (Phi) is 6.80. The highest BCUT2D eigenvalue weighted by Crippen LogP contribution is 2.23. The van der Waals surface area contributed by atoms with Crippen molar-refractivity contribution in [3.63, 3.8) is 0 Å². The fourth-order valence-electron chi connectivity index (χ4n) is 3.64. The van der Waals surface area contributed by atoms with Gasteiger partial charge in [0, 0.05) is 22.3 Å². The minimum atomic E-state index is -0.209. The van der Waals surface area contributed by atoms with Crippen LogP contribution in [-0.4, -0.2) is 15.7 Å². The number of rotatable bonds is 7. The van der Waals surface area contributed by atoms with E-state index in [1.807, 2.05) is 86.1 Å². The van der Waals surface area contributed by atoms with Gasteiger partial charge in [0.15, 0.2) is 5.82 Å². The van der Waals surface area contributed by atoms with Crippen LogP contribution in [0.3, 0.4) is 0 Å². The molecule has 168 valence electrons. The molecule has 1 N–H and O–H groups in total. The van der Waals surface area contributed by atoms with Crippen molar-refractivity contribution in [3.05, 3.63) is 111 Å². The summed E-state index contributed by atoms with van der Waals surface area (Å²) in [7, 11) is 0. The lowest BCUT2D eigenvalue weighted by Crippen LogP contribution is -2.13. The van der Waals surface area contributed by atoms with E-state index in [-0.39, 0.29) is 5.91 Å². The molecular formula is C27H26ClN3O2. The highest BCUT2D eigenvalue weighted by Gasteiger charge is 2.12. The van der Waals surface area contributed by atoms with Gasteiger partial charge < -0.3 is 10.1 Å². The van der Waals surface area contributed by atoms with Crippen LogP contribution < -0.4 is 10.1 Å². The maximum atomic E-state index is 12.7. The number of carbonyl (C=O) groups excluding carboxylic acids is 1. The van der Waals surface area contributed by atoms with E-state index < -0.39 is 0 Å². The second-order valence-corrected chi connectivity index (χ2v) is 8.49. The molecule has 0 saturated heterocycles. The Morgan fingerprint density at radius 2 is 1.67 bits per heavy atom. The van der Waals surface area contributed by atoms with Crippen LogP contribution in [0.1, 0.15) is 38.3 Å². The molecule has 0 fully saturated rings. The summed E-state index contributed by atoms with van der Waals surface area (Å²) in [5.41, 5.74) is 5.68. The second-order valence-electron chi connectivity index (χ2n) is 8.08. The number of nitrogens with one attached hydrogen (secondary N) is 1. The molecule has 0 saturated carbocycles. The molecule has 0 atom stereocenters. The Balaban J connectivity index is 1.38. The van der Waals surface area contributed by atoms with Crippen LogP contribution >= 0.6 is 11.6 Å². The van der Waals surface area contributed by atoms with Gasteiger partial charge in [-0.25, -0.2) is 0 Å². The molecule has 5 nitrogen and oxygen atoms in total. The summed E-state index contributed by atoms with van der Waals surface area (Å²) in [5.74, 6) is 1.20. The van der Waals surface area contributed by atoms with E-state index in [4.69, 9.17) is 16.3 Å². The summed E-state index contributed by atoms with van der Waals surface area (Å²) in [6.45, 7) is 7.00. The van der Waals surface area contributed by atoms with Gasteiger partial charge in [0.05, 0.1) is 6.54 Å². The predicted molar refractivity (Wildman–Crippen MR) is 132 cm³/mol. The van der Waals surface area contributed by atoms with Gasteiger partial charge in [0.1, 0.15) is 12.4 Å². The summed E-state index contributed by atoms with van der Waals surface area (Å²) in [5, 5.41) is 8.09. The van der Waals surface area contributed by atoms with E-state index in [2.05, 4.69) is 10.4 Å². The molecule has 1 aromatic heterocycles. The number of ether oxygens (including phenoxy) is 1. The van der Waals surface area contributed by atoms with E-state index in [0.717, 1.165) is 33.7 Å². The molecule has 33 heavy (non-hydrogen) atoms. The predicted octanol–water partition coefficient (Wildman–Crippen LogP) is 6.34. The van der Waals surface area contributed by atoms with Crippen LogP contribution in [0.2, 0.25) is 5.02 Å². The number of aryl methyl sites for hydroxylation is 3. The quantitative estimate of drug-likeness (QED) is 0.350. The minimum absolute atomic E-state index is 0.209. The molecule has 0 unspecified atom stereocenters. The lowest BCUT2D eigenvalue weighted by atomic mass is 10.1. The van der Waals surface area contributed by atoms with Crippen LogP contribution in [-0.2, 0) is 13.2 Å². The van der Waals surface area contributed by atoms with Crippen LogP contribution in [0.4, 0.5) is 5.82 Å². The number of benzene rings is 3. The molecule has 3 aromatic carbocycles. The first-order chi connectivity index (χ1) is 15.9. The number of aromatic nitrogens is 2. The molecule has 0 aliphatic heterocycles. The number of anilines is 1. The Labute approximate surface area is 199 Å². The number of halogens is 1. The van der Waals surface area contributed by atoms with Gasteiger partial charge in [-0.2, -0.15) is 5.10 Å². The van der Waals surface area contributed by atoms with Crippen LogP contribution in [0.5, 0.6) is 5.75 Å². The molecule has 1 heterocycles. The third kappa shape index (κ3) is 5.44. The monoisotopic (exact) mass is 459 g/mol. The first-order valence-corrected chi connectivity index (χ1v) is 11.2. The topological polar surface area (TPSA) is 56.1 Å². The minimum Gasteiger partial charge on any atom is -0.488 e. The van der Waals surface area contributed by atoms with Crippen LogP contribution in [0, 0.1) is 20.8 Å². The zero-order valence-corrected chi connectivity index (χ0v) is 19.7. The van der Waals surface area contributed by atoms with Crippen molar-refractivity contribution < 1.29 is 9.53 Å². The first-order valence-electron chi connectivity index (χ1n) is 10.8. The van der Waals surface area contributed by atoms with Crippen molar-refractivity contribution in [2.75, 3.05) is 5.32 Å². The molecule has 6 heteroatoms. The van der Waals surface area contributed by atoms with Crippen molar-refractivity contribution in [3.8, 4) is 5.75 Å². The number of hydrogen-bond donors (Lipinski definition) is 1. The van der Waals surface area contributed by atoms with Crippen molar-refractivity contribution >= 4 is 23.3 Å². The van der Waals surface area contributed by atoms with Crippen LogP contribution in [0.15, 0.2) is 72.8 Å². The normalized spacial score (nSPS) is 10.8. The standard InChI is InChI=1S/C27H26ClN3O2/c1-18-7-6-8-19(2)26(18)33-17-21-11-13-22(14-12-21)27(32)29-25-15-20(3)31(30-25)16-23-9-4-5-10-24(23)28/h4-15H,16-17H2,1-3H3,(H,29,30,32). The van der Waals surface area contributed by atoms with Gasteiger partial charge in [0.25, 0.3) is 5.91 Å². The molecule has 0 aliphatic carbocycles. The van der Waals surface area contributed by atoms with Crippen molar-refractivity contribution in [2.45, 2.75) is 33.9 Å². The highest BCUT2D eigenvalue weighted by atomic mass is 35.5. The van der Waals surface area contributed by atoms with Gasteiger partial charge in [0.2, 0.25) is 0 Å². The second kappa shape index (κ2) is 9.92. The smallest absolute Gasteiger partial charge is 0.256 e. The van der Waals surface area contributed by atoms with E-state index in [1.165, 1.54) is 0 Å². The Morgan fingerprint density at radius 1 is 0.970 bits per heavy atom. The highest BCUT2D eigenvalue weighted by molar-refractivity contribution is 6.31. The Hall–Kier alpha value is -3.57. The number of carbonyl (C=O) groups is 1. The summed E-state index contributed by atoms with van der Waals surface area (Å²) in [6.07, 6.45) is 0. The molecule has 4 rings (SSSR count). The maximum Gasteiger partial charge on any atom is 0.256 e.